The predicted molar refractivity (Wildman–Crippen MR) is 77.1 cm³/mol. The van der Waals surface area contributed by atoms with Crippen molar-refractivity contribution in [2.24, 2.45) is 0 Å². The molecular weight excluding hydrogens is 361 g/mol. The maximum absolute atomic E-state index is 13.5. The van der Waals surface area contributed by atoms with Crippen molar-refractivity contribution >= 4 is 26.0 Å². The molecule has 1 aromatic carbocycles. The van der Waals surface area contributed by atoms with Gasteiger partial charge in [0, 0.05) is 22.8 Å². The summed E-state index contributed by atoms with van der Waals surface area (Å²) in [6.07, 6.45) is 1.08. The second-order valence-electron chi connectivity index (χ2n) is 4.05. The molecular formula is C13H9BrFN3O2S. The van der Waals surface area contributed by atoms with E-state index in [4.69, 9.17) is 5.26 Å². The van der Waals surface area contributed by atoms with Crippen LogP contribution in [0.3, 0.4) is 0 Å². The van der Waals surface area contributed by atoms with Gasteiger partial charge in [-0.1, -0.05) is 15.9 Å². The fourth-order valence-electron chi connectivity index (χ4n) is 1.54. The van der Waals surface area contributed by atoms with Crippen LogP contribution in [0, 0.1) is 17.1 Å². The average molecular weight is 370 g/mol. The van der Waals surface area contributed by atoms with E-state index < -0.39 is 15.8 Å². The van der Waals surface area contributed by atoms with Crippen LogP contribution < -0.4 is 4.72 Å². The van der Waals surface area contributed by atoms with Gasteiger partial charge in [0.25, 0.3) is 0 Å². The smallest absolute Gasteiger partial charge is 0.242 e. The van der Waals surface area contributed by atoms with Crippen LogP contribution in [-0.4, -0.2) is 13.4 Å². The molecule has 0 bridgehead atoms. The Kier molecular flexibility index (Phi) is 4.67. The standard InChI is InChI=1S/C13H9BrFN3O2S/c14-10-1-4-13(15)9(5-10)7-18-21(19,20)12-3-2-11(6-16)17-8-12/h1-5,8,18H,7H2. The van der Waals surface area contributed by atoms with Gasteiger partial charge in [-0.3, -0.25) is 0 Å². The molecule has 0 saturated carbocycles. The van der Waals surface area contributed by atoms with Crippen LogP contribution in [0.4, 0.5) is 4.39 Å². The molecule has 0 unspecified atom stereocenters. The Labute approximate surface area is 129 Å². The number of sulfonamides is 1. The molecule has 0 spiro atoms. The van der Waals surface area contributed by atoms with Crippen molar-refractivity contribution in [2.75, 3.05) is 0 Å². The van der Waals surface area contributed by atoms with Crippen molar-refractivity contribution in [3.05, 3.63) is 58.1 Å². The first-order valence-corrected chi connectivity index (χ1v) is 8.00. The van der Waals surface area contributed by atoms with Crippen LogP contribution in [-0.2, 0) is 16.6 Å². The third-order valence-corrected chi connectivity index (χ3v) is 4.50. The van der Waals surface area contributed by atoms with E-state index in [0.29, 0.717) is 4.47 Å². The van der Waals surface area contributed by atoms with Crippen molar-refractivity contribution < 1.29 is 12.8 Å². The third-order valence-electron chi connectivity index (χ3n) is 2.62. The van der Waals surface area contributed by atoms with Crippen LogP contribution in [0.1, 0.15) is 11.3 Å². The number of pyridine rings is 1. The van der Waals surface area contributed by atoms with Gasteiger partial charge < -0.3 is 0 Å². The lowest BCUT2D eigenvalue weighted by molar-refractivity contribution is 0.574. The zero-order valence-electron chi connectivity index (χ0n) is 10.5. The van der Waals surface area contributed by atoms with Crippen molar-refractivity contribution in [3.8, 4) is 6.07 Å². The van der Waals surface area contributed by atoms with E-state index in [1.54, 1.807) is 6.07 Å². The minimum atomic E-state index is -3.82. The summed E-state index contributed by atoms with van der Waals surface area (Å²) in [6.45, 7) is -0.187. The number of aromatic nitrogens is 1. The molecule has 0 fully saturated rings. The number of rotatable bonds is 4. The lowest BCUT2D eigenvalue weighted by Crippen LogP contribution is -2.24. The molecule has 0 aliphatic heterocycles. The van der Waals surface area contributed by atoms with E-state index in [2.05, 4.69) is 25.6 Å². The van der Waals surface area contributed by atoms with Crippen molar-refractivity contribution in [1.29, 1.82) is 5.26 Å². The van der Waals surface area contributed by atoms with Crippen LogP contribution >= 0.6 is 15.9 Å². The fraction of sp³-hybridized carbons (Fsp3) is 0.0769. The zero-order valence-corrected chi connectivity index (χ0v) is 12.9. The monoisotopic (exact) mass is 369 g/mol. The summed E-state index contributed by atoms with van der Waals surface area (Å²) < 4.78 is 40.5. The number of nitriles is 1. The Morgan fingerprint density at radius 3 is 2.71 bits per heavy atom. The second-order valence-corrected chi connectivity index (χ2v) is 6.73. The Morgan fingerprint density at radius 2 is 2.10 bits per heavy atom. The maximum Gasteiger partial charge on any atom is 0.242 e. The Morgan fingerprint density at radius 1 is 1.33 bits per heavy atom. The van der Waals surface area contributed by atoms with Gasteiger partial charge in [-0.05, 0) is 30.3 Å². The zero-order chi connectivity index (χ0) is 15.5. The molecule has 5 nitrogen and oxygen atoms in total. The number of hydrogen-bond donors (Lipinski definition) is 1. The van der Waals surface area contributed by atoms with Gasteiger partial charge in [0.2, 0.25) is 10.0 Å². The number of halogens is 2. The molecule has 1 N–H and O–H groups in total. The second kappa shape index (κ2) is 6.30. The van der Waals surface area contributed by atoms with E-state index in [0.717, 1.165) is 6.20 Å². The van der Waals surface area contributed by atoms with E-state index >= 15 is 0 Å². The quantitative estimate of drug-likeness (QED) is 0.896. The van der Waals surface area contributed by atoms with Crippen LogP contribution in [0.15, 0.2) is 45.9 Å². The van der Waals surface area contributed by atoms with Gasteiger partial charge in [-0.2, -0.15) is 5.26 Å². The van der Waals surface area contributed by atoms with E-state index in [1.165, 1.54) is 30.3 Å². The first-order chi connectivity index (χ1) is 9.92. The summed E-state index contributed by atoms with van der Waals surface area (Å²) in [6, 6.07) is 8.63. The summed E-state index contributed by atoms with van der Waals surface area (Å²) in [5.74, 6) is -0.501. The van der Waals surface area contributed by atoms with Crippen LogP contribution in [0.2, 0.25) is 0 Å². The minimum absolute atomic E-state index is 0.0862. The molecule has 0 radical (unpaired) electrons. The number of nitrogens with zero attached hydrogens (tertiary/aromatic N) is 2. The average Bonchev–Trinajstić information content (AvgIpc) is 2.48. The molecule has 2 aromatic rings. The summed E-state index contributed by atoms with van der Waals surface area (Å²) in [4.78, 5) is 3.60. The van der Waals surface area contributed by atoms with Gasteiger partial charge >= 0.3 is 0 Å². The summed E-state index contributed by atoms with van der Waals surface area (Å²) in [5, 5.41) is 8.62. The summed E-state index contributed by atoms with van der Waals surface area (Å²) >= 11 is 3.19. The van der Waals surface area contributed by atoms with Gasteiger partial charge in [0.05, 0.1) is 0 Å². The number of nitrogens with one attached hydrogen (secondary N) is 1. The van der Waals surface area contributed by atoms with E-state index in [-0.39, 0.29) is 22.7 Å². The highest BCUT2D eigenvalue weighted by Gasteiger charge is 2.15. The van der Waals surface area contributed by atoms with Crippen LogP contribution in [0.5, 0.6) is 0 Å². The first-order valence-electron chi connectivity index (χ1n) is 5.72. The maximum atomic E-state index is 13.5. The molecule has 8 heteroatoms. The Bertz CT molecular complexity index is 801. The minimum Gasteiger partial charge on any atom is -0.244 e. The molecule has 21 heavy (non-hydrogen) atoms. The van der Waals surface area contributed by atoms with Crippen molar-refractivity contribution in [3.63, 3.8) is 0 Å². The Balaban J connectivity index is 2.17. The lowest BCUT2D eigenvalue weighted by Gasteiger charge is -2.08. The van der Waals surface area contributed by atoms with E-state index in [1.807, 2.05) is 0 Å². The summed E-state index contributed by atoms with van der Waals surface area (Å²) in [7, 11) is -3.82. The molecule has 0 amide bonds. The van der Waals surface area contributed by atoms with Gasteiger partial charge in [0.15, 0.2) is 0 Å². The summed E-state index contributed by atoms with van der Waals surface area (Å²) in [5.41, 5.74) is 0.335. The first kappa shape index (κ1) is 15.6. The largest absolute Gasteiger partial charge is 0.244 e. The molecule has 108 valence electrons. The highest BCUT2D eigenvalue weighted by atomic mass is 79.9. The lowest BCUT2D eigenvalue weighted by atomic mass is 10.2. The van der Waals surface area contributed by atoms with Crippen LogP contribution in [0.25, 0.3) is 0 Å². The SMILES string of the molecule is N#Cc1ccc(S(=O)(=O)NCc2cc(Br)ccc2F)cn1. The molecule has 0 aliphatic rings. The topological polar surface area (TPSA) is 82.8 Å². The Hall–Kier alpha value is -1.82. The van der Waals surface area contributed by atoms with Gasteiger partial charge in [0.1, 0.15) is 22.5 Å². The van der Waals surface area contributed by atoms with Crippen molar-refractivity contribution in [2.45, 2.75) is 11.4 Å². The molecule has 1 aromatic heterocycles. The van der Waals surface area contributed by atoms with E-state index in [9.17, 15) is 12.8 Å². The third kappa shape index (κ3) is 3.85. The van der Waals surface area contributed by atoms with Crippen molar-refractivity contribution in [1.82, 2.24) is 9.71 Å². The predicted octanol–water partition coefficient (Wildman–Crippen LogP) is 2.33. The molecule has 0 aliphatic carbocycles. The number of hydrogen-bond acceptors (Lipinski definition) is 4. The molecule has 1 heterocycles. The highest BCUT2D eigenvalue weighted by Crippen LogP contribution is 2.16. The molecule has 0 atom stereocenters. The highest BCUT2D eigenvalue weighted by molar-refractivity contribution is 9.10. The molecule has 2 rings (SSSR count). The van der Waals surface area contributed by atoms with Gasteiger partial charge in [-0.25, -0.2) is 22.5 Å². The molecule has 0 saturated heterocycles. The van der Waals surface area contributed by atoms with Gasteiger partial charge in [-0.15, -0.1) is 0 Å². The normalized spacial score (nSPS) is 11.1. The fourth-order valence-corrected chi connectivity index (χ4v) is 2.90. The number of benzene rings is 1.